The molecule has 1 N–H and O–H groups in total. The second-order valence-electron chi connectivity index (χ2n) is 8.27. The third-order valence-corrected chi connectivity index (χ3v) is 5.83. The summed E-state index contributed by atoms with van der Waals surface area (Å²) in [5, 5.41) is 2.85. The fourth-order valence-electron chi connectivity index (χ4n) is 3.86. The molecule has 1 aromatic carbocycles. The lowest BCUT2D eigenvalue weighted by molar-refractivity contribution is -0.116. The minimum Gasteiger partial charge on any atom is -0.320 e. The molecule has 0 bridgehead atoms. The number of nitrogens with zero attached hydrogens (tertiary/aromatic N) is 2. The highest BCUT2D eigenvalue weighted by atomic mass is 16.2. The number of hydrogen-bond acceptors (Lipinski definition) is 2. The summed E-state index contributed by atoms with van der Waals surface area (Å²) >= 11 is 0. The standard InChI is InChI=1S/C25H39N3O2/c1-4-5-6-7-8-9-10-11-12-13-17-20-23(29)26-24-21(2)27(3)28(25(24)30)22-18-15-14-16-19-22/h14-16,18-19H,4-13,17,20H2,1-3H3,(H,26,29). The minimum absolute atomic E-state index is 0.0723. The molecule has 30 heavy (non-hydrogen) atoms. The highest BCUT2D eigenvalue weighted by molar-refractivity contribution is 5.91. The highest BCUT2D eigenvalue weighted by Crippen LogP contribution is 2.15. The topological polar surface area (TPSA) is 56.0 Å². The van der Waals surface area contributed by atoms with E-state index in [1.54, 1.807) is 9.36 Å². The Kier molecular flexibility index (Phi) is 10.5. The van der Waals surface area contributed by atoms with Gasteiger partial charge in [0.2, 0.25) is 5.91 Å². The van der Waals surface area contributed by atoms with E-state index in [1.807, 2.05) is 44.3 Å². The summed E-state index contributed by atoms with van der Waals surface area (Å²) in [6, 6.07) is 9.49. The van der Waals surface area contributed by atoms with Crippen molar-refractivity contribution in [3.8, 4) is 5.69 Å². The van der Waals surface area contributed by atoms with Crippen molar-refractivity contribution in [1.29, 1.82) is 0 Å². The number of unbranched alkanes of at least 4 members (excludes halogenated alkanes) is 10. The smallest absolute Gasteiger partial charge is 0.295 e. The number of carbonyl (C=O) groups is 1. The van der Waals surface area contributed by atoms with Crippen molar-refractivity contribution in [1.82, 2.24) is 9.36 Å². The molecule has 0 atom stereocenters. The van der Waals surface area contributed by atoms with Gasteiger partial charge in [-0.25, -0.2) is 4.68 Å². The van der Waals surface area contributed by atoms with Crippen molar-refractivity contribution in [3.63, 3.8) is 0 Å². The van der Waals surface area contributed by atoms with Crippen molar-refractivity contribution >= 4 is 11.6 Å². The molecule has 0 unspecified atom stereocenters. The highest BCUT2D eigenvalue weighted by Gasteiger charge is 2.17. The van der Waals surface area contributed by atoms with Gasteiger partial charge in [0, 0.05) is 13.5 Å². The third kappa shape index (κ3) is 7.19. The van der Waals surface area contributed by atoms with Crippen LogP contribution < -0.4 is 10.9 Å². The SMILES string of the molecule is CCCCCCCCCCCCCC(=O)Nc1c(C)n(C)n(-c2ccccc2)c1=O. The molecular formula is C25H39N3O2. The first kappa shape index (κ1) is 24.0. The molecule has 2 rings (SSSR count). The summed E-state index contributed by atoms with van der Waals surface area (Å²) in [6.45, 7) is 4.11. The van der Waals surface area contributed by atoms with Gasteiger partial charge in [-0.2, -0.15) is 0 Å². The molecule has 0 spiro atoms. The summed E-state index contributed by atoms with van der Waals surface area (Å²) in [5.41, 5.74) is 1.75. The van der Waals surface area contributed by atoms with Crippen LogP contribution in [0, 0.1) is 6.92 Å². The summed E-state index contributed by atoms with van der Waals surface area (Å²) in [4.78, 5) is 25.2. The summed E-state index contributed by atoms with van der Waals surface area (Å²) in [6.07, 6.45) is 14.3. The number of amides is 1. The van der Waals surface area contributed by atoms with Crippen molar-refractivity contribution in [2.24, 2.45) is 7.05 Å². The Morgan fingerprint density at radius 2 is 1.40 bits per heavy atom. The van der Waals surface area contributed by atoms with Crippen molar-refractivity contribution in [2.75, 3.05) is 5.32 Å². The normalized spacial score (nSPS) is 11.0. The predicted molar refractivity (Wildman–Crippen MR) is 125 cm³/mol. The zero-order valence-electron chi connectivity index (χ0n) is 19.1. The lowest BCUT2D eigenvalue weighted by Gasteiger charge is -2.07. The van der Waals surface area contributed by atoms with Gasteiger partial charge in [-0.15, -0.1) is 0 Å². The Labute approximate surface area is 181 Å². The van der Waals surface area contributed by atoms with Gasteiger partial charge in [-0.1, -0.05) is 89.3 Å². The second-order valence-corrected chi connectivity index (χ2v) is 8.27. The number of aromatic nitrogens is 2. The predicted octanol–water partition coefficient (Wildman–Crippen LogP) is 6.12. The summed E-state index contributed by atoms with van der Waals surface area (Å²) in [7, 11) is 1.84. The Balaban J connectivity index is 1.70. The van der Waals surface area contributed by atoms with E-state index in [0.717, 1.165) is 24.2 Å². The zero-order chi connectivity index (χ0) is 21.8. The van der Waals surface area contributed by atoms with E-state index < -0.39 is 0 Å². The number of nitrogens with one attached hydrogen (secondary N) is 1. The average molecular weight is 414 g/mol. The van der Waals surface area contributed by atoms with Crippen LogP contribution in [0.15, 0.2) is 35.1 Å². The first-order valence-electron chi connectivity index (χ1n) is 11.7. The number of hydrogen-bond donors (Lipinski definition) is 1. The molecule has 1 amide bonds. The van der Waals surface area contributed by atoms with Crippen LogP contribution in [0.2, 0.25) is 0 Å². The molecule has 5 nitrogen and oxygen atoms in total. The Morgan fingerprint density at radius 3 is 1.97 bits per heavy atom. The number of carbonyl (C=O) groups excluding carboxylic acids is 1. The van der Waals surface area contributed by atoms with Gasteiger partial charge in [0.05, 0.1) is 11.4 Å². The number of para-hydroxylation sites is 1. The first-order chi connectivity index (χ1) is 14.6. The van der Waals surface area contributed by atoms with Crippen molar-refractivity contribution in [2.45, 2.75) is 90.9 Å². The van der Waals surface area contributed by atoms with Crippen LogP contribution in [0.1, 0.15) is 89.7 Å². The maximum absolute atomic E-state index is 12.8. The van der Waals surface area contributed by atoms with Gasteiger partial charge in [0.25, 0.3) is 5.56 Å². The molecule has 0 aliphatic carbocycles. The molecular weight excluding hydrogens is 374 g/mol. The van der Waals surface area contributed by atoms with Gasteiger partial charge in [-0.3, -0.25) is 14.3 Å². The lowest BCUT2D eigenvalue weighted by Crippen LogP contribution is -2.22. The van der Waals surface area contributed by atoms with E-state index in [9.17, 15) is 9.59 Å². The van der Waals surface area contributed by atoms with Gasteiger partial charge in [0.15, 0.2) is 0 Å². The van der Waals surface area contributed by atoms with E-state index >= 15 is 0 Å². The van der Waals surface area contributed by atoms with E-state index in [0.29, 0.717) is 12.1 Å². The molecule has 0 radical (unpaired) electrons. The monoisotopic (exact) mass is 413 g/mol. The summed E-state index contributed by atoms with van der Waals surface area (Å²) < 4.78 is 3.38. The first-order valence-corrected chi connectivity index (χ1v) is 11.7. The fourth-order valence-corrected chi connectivity index (χ4v) is 3.86. The summed E-state index contributed by atoms with van der Waals surface area (Å²) in [5.74, 6) is -0.0723. The van der Waals surface area contributed by atoms with Crippen molar-refractivity contribution in [3.05, 3.63) is 46.4 Å². The van der Waals surface area contributed by atoms with Crippen LogP contribution in [-0.4, -0.2) is 15.3 Å². The largest absolute Gasteiger partial charge is 0.320 e. The van der Waals surface area contributed by atoms with E-state index in [2.05, 4.69) is 12.2 Å². The quantitative estimate of drug-likeness (QED) is 0.379. The lowest BCUT2D eigenvalue weighted by atomic mass is 10.1. The van der Waals surface area contributed by atoms with Crippen LogP contribution >= 0.6 is 0 Å². The Bertz CT molecular complexity index is 821. The maximum atomic E-state index is 12.8. The molecule has 2 aromatic rings. The van der Waals surface area contributed by atoms with E-state index in [-0.39, 0.29) is 11.5 Å². The number of benzene rings is 1. The van der Waals surface area contributed by atoms with Crippen LogP contribution in [0.5, 0.6) is 0 Å². The van der Waals surface area contributed by atoms with E-state index in [1.165, 1.54) is 57.8 Å². The van der Waals surface area contributed by atoms with Crippen LogP contribution in [0.3, 0.4) is 0 Å². The van der Waals surface area contributed by atoms with Gasteiger partial charge in [-0.05, 0) is 25.5 Å². The Morgan fingerprint density at radius 1 is 0.867 bits per heavy atom. The average Bonchev–Trinajstić information content (AvgIpc) is 2.95. The second kappa shape index (κ2) is 13.1. The molecule has 0 fully saturated rings. The van der Waals surface area contributed by atoms with E-state index in [4.69, 9.17) is 0 Å². The fraction of sp³-hybridized carbons (Fsp3) is 0.600. The van der Waals surface area contributed by atoms with Crippen LogP contribution in [-0.2, 0) is 11.8 Å². The van der Waals surface area contributed by atoms with Crippen LogP contribution in [0.25, 0.3) is 5.69 Å². The zero-order valence-corrected chi connectivity index (χ0v) is 19.1. The molecule has 166 valence electrons. The van der Waals surface area contributed by atoms with Gasteiger partial charge < -0.3 is 5.32 Å². The maximum Gasteiger partial charge on any atom is 0.295 e. The minimum atomic E-state index is -0.187. The molecule has 5 heteroatoms. The molecule has 1 aromatic heterocycles. The molecule has 0 aliphatic heterocycles. The number of rotatable bonds is 14. The van der Waals surface area contributed by atoms with Crippen molar-refractivity contribution < 1.29 is 4.79 Å². The number of anilines is 1. The van der Waals surface area contributed by atoms with Crippen LogP contribution in [0.4, 0.5) is 5.69 Å². The molecule has 1 heterocycles. The van der Waals surface area contributed by atoms with Gasteiger partial charge >= 0.3 is 0 Å². The third-order valence-electron chi connectivity index (χ3n) is 5.83. The molecule has 0 saturated heterocycles. The molecule has 0 saturated carbocycles. The Hall–Kier alpha value is -2.30. The van der Waals surface area contributed by atoms with Gasteiger partial charge in [0.1, 0.15) is 5.69 Å². The molecule has 0 aliphatic rings.